The van der Waals surface area contributed by atoms with Gasteiger partial charge in [0.05, 0.1) is 42.1 Å². The molecule has 11 heteroatoms. The maximum atomic E-state index is 13.5. The molecular weight excluding hydrogens is 494 g/mol. The van der Waals surface area contributed by atoms with Crippen molar-refractivity contribution in [2.24, 2.45) is 5.92 Å². The zero-order valence-electron chi connectivity index (χ0n) is 21.5. The largest absolute Gasteiger partial charge is 0.394 e. The standard InChI is InChI=1S/C26H35N5O5S/c1-19-15-30(20(2)17-32)26(33)9-6-12-31-23(14-27-28-31)18-36-25(19)16-29(3)37(34,35)24-11-10-21-7-4-5-8-22(21)13-24/h4-5,7-8,10-11,13-14,19-20,25,32H,6,9,12,15-18H2,1-3H3/t19-,20+,25-/m0/s1. The second-order valence-corrected chi connectivity index (χ2v) is 11.8. The molecule has 2 aromatic carbocycles. The van der Waals surface area contributed by atoms with E-state index in [1.807, 2.05) is 31.2 Å². The molecule has 3 atom stereocenters. The number of benzene rings is 2. The fourth-order valence-electron chi connectivity index (χ4n) is 4.61. The molecule has 1 amide bonds. The number of hydrogen-bond acceptors (Lipinski definition) is 7. The van der Waals surface area contributed by atoms with Crippen molar-refractivity contribution in [2.45, 2.75) is 56.9 Å². The molecule has 0 saturated heterocycles. The Bertz CT molecular complexity index is 1330. The summed E-state index contributed by atoms with van der Waals surface area (Å²) in [6.07, 6.45) is 2.02. The van der Waals surface area contributed by atoms with Gasteiger partial charge in [0.2, 0.25) is 15.9 Å². The number of aliphatic hydroxyl groups is 1. The quantitative estimate of drug-likeness (QED) is 0.521. The Labute approximate surface area is 217 Å². The number of fused-ring (bicyclic) bond motifs is 2. The highest BCUT2D eigenvalue weighted by Gasteiger charge is 2.31. The zero-order valence-corrected chi connectivity index (χ0v) is 22.3. The average molecular weight is 530 g/mol. The predicted octanol–water partition coefficient (Wildman–Crippen LogP) is 2.28. The second kappa shape index (κ2) is 11.7. The van der Waals surface area contributed by atoms with Gasteiger partial charge in [-0.1, -0.05) is 42.5 Å². The third-order valence-electron chi connectivity index (χ3n) is 7.01. The Morgan fingerprint density at radius 1 is 1.22 bits per heavy atom. The van der Waals surface area contributed by atoms with Crippen LogP contribution in [0.2, 0.25) is 0 Å². The summed E-state index contributed by atoms with van der Waals surface area (Å²) in [5.74, 6) is -0.275. The van der Waals surface area contributed by atoms with Crippen LogP contribution in [0.1, 0.15) is 32.4 Å². The Balaban J connectivity index is 1.60. The number of aliphatic hydroxyl groups excluding tert-OH is 1. The molecule has 1 aliphatic heterocycles. The lowest BCUT2D eigenvalue weighted by atomic mass is 10.0. The summed E-state index contributed by atoms with van der Waals surface area (Å²) in [6.45, 7) is 4.75. The Morgan fingerprint density at radius 3 is 2.73 bits per heavy atom. The number of sulfonamides is 1. The van der Waals surface area contributed by atoms with Crippen LogP contribution in [0.15, 0.2) is 53.6 Å². The molecule has 2 heterocycles. The van der Waals surface area contributed by atoms with Gasteiger partial charge in [-0.15, -0.1) is 5.10 Å². The van der Waals surface area contributed by atoms with Crippen LogP contribution in [-0.2, 0) is 32.7 Å². The number of amides is 1. The van der Waals surface area contributed by atoms with E-state index < -0.39 is 16.1 Å². The summed E-state index contributed by atoms with van der Waals surface area (Å²) >= 11 is 0. The number of likely N-dealkylation sites (N-methyl/N-ethyl adjacent to an activating group) is 1. The van der Waals surface area contributed by atoms with Crippen LogP contribution < -0.4 is 0 Å². The van der Waals surface area contributed by atoms with Crippen LogP contribution in [0.3, 0.4) is 0 Å². The molecule has 0 radical (unpaired) electrons. The number of carbonyl (C=O) groups is 1. The van der Waals surface area contributed by atoms with E-state index in [1.165, 1.54) is 4.31 Å². The van der Waals surface area contributed by atoms with Crippen LogP contribution in [0.4, 0.5) is 0 Å². The lowest BCUT2D eigenvalue weighted by molar-refractivity contribution is -0.136. The lowest BCUT2D eigenvalue weighted by Crippen LogP contribution is -2.47. The van der Waals surface area contributed by atoms with Crippen LogP contribution in [-0.4, -0.2) is 82.5 Å². The van der Waals surface area contributed by atoms with Crippen molar-refractivity contribution in [2.75, 3.05) is 26.7 Å². The minimum Gasteiger partial charge on any atom is -0.394 e. The van der Waals surface area contributed by atoms with Gasteiger partial charge < -0.3 is 14.7 Å². The van der Waals surface area contributed by atoms with Gasteiger partial charge >= 0.3 is 0 Å². The van der Waals surface area contributed by atoms with Crippen LogP contribution in [0, 0.1) is 5.92 Å². The summed E-state index contributed by atoms with van der Waals surface area (Å²) in [4.78, 5) is 14.9. The highest BCUT2D eigenvalue weighted by Crippen LogP contribution is 2.24. The van der Waals surface area contributed by atoms with Gasteiger partial charge in [-0.25, -0.2) is 13.1 Å². The van der Waals surface area contributed by atoms with Crippen molar-refractivity contribution in [3.05, 3.63) is 54.4 Å². The van der Waals surface area contributed by atoms with Gasteiger partial charge in [-0.05, 0) is 36.2 Å². The molecule has 1 aliphatic rings. The molecule has 37 heavy (non-hydrogen) atoms. The number of aromatic nitrogens is 3. The molecule has 0 spiro atoms. The molecule has 1 aromatic heterocycles. The first kappa shape index (κ1) is 27.2. The van der Waals surface area contributed by atoms with E-state index in [2.05, 4.69) is 10.3 Å². The second-order valence-electron chi connectivity index (χ2n) is 9.75. The summed E-state index contributed by atoms with van der Waals surface area (Å²) in [7, 11) is -2.25. The van der Waals surface area contributed by atoms with Gasteiger partial charge in [0.25, 0.3) is 0 Å². The normalized spacial score (nSPS) is 20.9. The smallest absolute Gasteiger partial charge is 0.242 e. The third-order valence-corrected chi connectivity index (χ3v) is 8.83. The molecule has 0 fully saturated rings. The highest BCUT2D eigenvalue weighted by molar-refractivity contribution is 7.89. The number of carbonyl (C=O) groups excluding carboxylic acids is 1. The van der Waals surface area contributed by atoms with E-state index in [-0.39, 0.29) is 42.5 Å². The number of rotatable bonds is 6. The maximum Gasteiger partial charge on any atom is 0.242 e. The summed E-state index contributed by atoms with van der Waals surface area (Å²) in [6, 6.07) is 12.4. The molecule has 0 saturated carbocycles. The molecule has 0 aliphatic carbocycles. The molecule has 1 N–H and O–H groups in total. The van der Waals surface area contributed by atoms with Gasteiger partial charge in [-0.3, -0.25) is 4.79 Å². The monoisotopic (exact) mass is 529 g/mol. The Morgan fingerprint density at radius 2 is 1.97 bits per heavy atom. The summed E-state index contributed by atoms with van der Waals surface area (Å²) in [5, 5.41) is 19.7. The molecule has 3 aromatic rings. The van der Waals surface area contributed by atoms with Crippen LogP contribution in [0.5, 0.6) is 0 Å². The third kappa shape index (κ3) is 6.18. The van der Waals surface area contributed by atoms with Gasteiger partial charge in [0.15, 0.2) is 0 Å². The topological polar surface area (TPSA) is 118 Å². The first-order valence-electron chi connectivity index (χ1n) is 12.5. The number of nitrogens with zero attached hydrogens (tertiary/aromatic N) is 5. The van der Waals surface area contributed by atoms with Gasteiger partial charge in [-0.2, -0.15) is 4.31 Å². The minimum absolute atomic E-state index is 0.0634. The van der Waals surface area contributed by atoms with E-state index in [0.29, 0.717) is 25.9 Å². The van der Waals surface area contributed by atoms with Crippen molar-refractivity contribution < 1.29 is 23.1 Å². The van der Waals surface area contributed by atoms with Crippen molar-refractivity contribution in [1.29, 1.82) is 0 Å². The molecule has 0 bridgehead atoms. The first-order chi connectivity index (χ1) is 17.7. The van der Waals surface area contributed by atoms with Gasteiger partial charge in [0, 0.05) is 39.0 Å². The van der Waals surface area contributed by atoms with E-state index >= 15 is 0 Å². The molecular formula is C26H35N5O5S. The summed E-state index contributed by atoms with van der Waals surface area (Å²) in [5.41, 5.74) is 0.769. The minimum atomic E-state index is -3.80. The van der Waals surface area contributed by atoms with E-state index in [1.54, 1.807) is 47.9 Å². The maximum absolute atomic E-state index is 13.5. The van der Waals surface area contributed by atoms with Gasteiger partial charge in [0.1, 0.15) is 0 Å². The zero-order chi connectivity index (χ0) is 26.6. The average Bonchev–Trinajstić information content (AvgIpc) is 3.34. The van der Waals surface area contributed by atoms with E-state index in [9.17, 15) is 18.3 Å². The van der Waals surface area contributed by atoms with Crippen LogP contribution >= 0.6 is 0 Å². The summed E-state index contributed by atoms with van der Waals surface area (Å²) < 4.78 is 36.3. The number of aryl methyl sites for hydroxylation is 1. The molecule has 10 nitrogen and oxygen atoms in total. The van der Waals surface area contributed by atoms with E-state index in [4.69, 9.17) is 4.74 Å². The fourth-order valence-corrected chi connectivity index (χ4v) is 5.82. The number of ether oxygens (including phenoxy) is 1. The number of hydrogen-bond donors (Lipinski definition) is 1. The SMILES string of the molecule is C[C@H](CO)N1C[C@H](C)[C@H](CN(C)S(=O)(=O)c2ccc3ccccc3c2)OCc2cnnn2CCCC1=O. The molecule has 0 unspecified atom stereocenters. The first-order valence-corrected chi connectivity index (χ1v) is 14.0. The molecule has 200 valence electrons. The lowest BCUT2D eigenvalue weighted by Gasteiger charge is -2.35. The van der Waals surface area contributed by atoms with Crippen molar-refractivity contribution in [3.8, 4) is 0 Å². The predicted molar refractivity (Wildman–Crippen MR) is 139 cm³/mol. The van der Waals surface area contributed by atoms with Crippen molar-refractivity contribution in [3.63, 3.8) is 0 Å². The molecule has 4 rings (SSSR count). The van der Waals surface area contributed by atoms with Crippen molar-refractivity contribution >= 4 is 26.7 Å². The Kier molecular flexibility index (Phi) is 8.58. The van der Waals surface area contributed by atoms with Crippen molar-refractivity contribution in [1.82, 2.24) is 24.2 Å². The Hall–Kier alpha value is -2.86. The highest BCUT2D eigenvalue weighted by atomic mass is 32.2. The van der Waals surface area contributed by atoms with E-state index in [0.717, 1.165) is 16.5 Å². The van der Waals surface area contributed by atoms with Crippen LogP contribution in [0.25, 0.3) is 10.8 Å². The fraction of sp³-hybridized carbons (Fsp3) is 0.500.